The van der Waals surface area contributed by atoms with Crippen LogP contribution in [-0.4, -0.2) is 14.8 Å². The van der Waals surface area contributed by atoms with Gasteiger partial charge in [-0.15, -0.1) is 10.2 Å². The predicted molar refractivity (Wildman–Crippen MR) is 88.4 cm³/mol. The van der Waals surface area contributed by atoms with Crippen molar-refractivity contribution in [1.82, 2.24) is 14.8 Å². The van der Waals surface area contributed by atoms with E-state index in [1.54, 1.807) is 11.8 Å². The van der Waals surface area contributed by atoms with Crippen molar-refractivity contribution in [3.8, 4) is 0 Å². The van der Waals surface area contributed by atoms with E-state index in [4.69, 9.17) is 5.73 Å². The Balaban J connectivity index is 1.85. The Hall–Kier alpha value is -0.850. The molecule has 112 valence electrons. The number of hydrogen-bond donors (Lipinski definition) is 1. The number of benzene rings is 1. The highest BCUT2D eigenvalue weighted by molar-refractivity contribution is 9.10. The number of hydrogen-bond acceptors (Lipinski definition) is 4. The van der Waals surface area contributed by atoms with E-state index >= 15 is 0 Å². The largest absolute Gasteiger partial charge is 0.324 e. The summed E-state index contributed by atoms with van der Waals surface area (Å²) >= 11 is 5.31. The van der Waals surface area contributed by atoms with Crippen LogP contribution >= 0.6 is 27.7 Å². The van der Waals surface area contributed by atoms with E-state index in [-0.39, 0.29) is 6.04 Å². The summed E-state index contributed by atoms with van der Waals surface area (Å²) in [6.45, 7) is 3.02. The van der Waals surface area contributed by atoms with Crippen LogP contribution in [0.3, 0.4) is 0 Å². The zero-order valence-electron chi connectivity index (χ0n) is 12.1. The Morgan fingerprint density at radius 3 is 2.90 bits per heavy atom. The molecule has 6 heteroatoms. The average molecular weight is 367 g/mol. The van der Waals surface area contributed by atoms with E-state index in [0.717, 1.165) is 38.9 Å². The first kappa shape index (κ1) is 15.1. The third kappa shape index (κ3) is 3.33. The lowest BCUT2D eigenvalue weighted by Gasteiger charge is -2.10. The molecule has 2 heterocycles. The Labute approximate surface area is 137 Å². The molecule has 21 heavy (non-hydrogen) atoms. The maximum absolute atomic E-state index is 5.92. The van der Waals surface area contributed by atoms with E-state index in [1.807, 2.05) is 6.92 Å². The number of fused-ring (bicyclic) bond motifs is 1. The molecule has 0 radical (unpaired) electrons. The minimum absolute atomic E-state index is 0.0460. The van der Waals surface area contributed by atoms with E-state index in [2.05, 4.69) is 48.9 Å². The van der Waals surface area contributed by atoms with Gasteiger partial charge < -0.3 is 10.3 Å². The molecule has 0 spiro atoms. The minimum atomic E-state index is 0.0460. The molecule has 0 bridgehead atoms. The molecule has 0 amide bonds. The van der Waals surface area contributed by atoms with Crippen LogP contribution < -0.4 is 5.73 Å². The quantitative estimate of drug-likeness (QED) is 0.893. The smallest absolute Gasteiger partial charge is 0.196 e. The van der Waals surface area contributed by atoms with Crippen LogP contribution in [0.4, 0.5) is 0 Å². The summed E-state index contributed by atoms with van der Waals surface area (Å²) in [7, 11) is 0. The molecule has 0 unspecified atom stereocenters. The molecule has 2 aromatic rings. The van der Waals surface area contributed by atoms with Gasteiger partial charge in [-0.1, -0.05) is 12.5 Å². The molecule has 2 N–H and O–H groups in total. The predicted octanol–water partition coefficient (Wildman–Crippen LogP) is 3.94. The molecule has 1 aliphatic rings. The average Bonchev–Trinajstić information content (AvgIpc) is 2.69. The lowest BCUT2D eigenvalue weighted by atomic mass is 10.1. The maximum Gasteiger partial charge on any atom is 0.196 e. The zero-order chi connectivity index (χ0) is 14.8. The summed E-state index contributed by atoms with van der Waals surface area (Å²) < 4.78 is 3.33. The number of aromatic nitrogens is 3. The second kappa shape index (κ2) is 6.50. The van der Waals surface area contributed by atoms with Gasteiger partial charge in [-0.05, 0) is 65.2 Å². The molecule has 3 rings (SSSR count). The highest BCUT2D eigenvalue weighted by atomic mass is 79.9. The molecule has 1 aromatic carbocycles. The van der Waals surface area contributed by atoms with Crippen molar-refractivity contribution < 1.29 is 0 Å². The fourth-order valence-corrected chi connectivity index (χ4v) is 4.03. The SMILES string of the molecule is C[C@H](N)c1ccc(Sc2nnc3n2CCCCC3)c(Br)c1. The standard InChI is InChI=1S/C15H19BrN4S/c1-10(17)11-6-7-13(12(16)9-11)21-15-19-18-14-5-3-2-4-8-20(14)15/h6-7,9-10H,2-5,8,17H2,1H3/t10-/m0/s1. The van der Waals surface area contributed by atoms with Crippen LogP contribution in [0.5, 0.6) is 0 Å². The fourth-order valence-electron chi connectivity index (χ4n) is 2.52. The Morgan fingerprint density at radius 2 is 2.14 bits per heavy atom. The summed E-state index contributed by atoms with van der Waals surface area (Å²) in [4.78, 5) is 1.15. The van der Waals surface area contributed by atoms with Crippen molar-refractivity contribution in [2.75, 3.05) is 0 Å². The van der Waals surface area contributed by atoms with Gasteiger partial charge in [0.1, 0.15) is 5.82 Å². The van der Waals surface area contributed by atoms with Crippen molar-refractivity contribution in [1.29, 1.82) is 0 Å². The fraction of sp³-hybridized carbons (Fsp3) is 0.467. The molecular formula is C15H19BrN4S. The summed E-state index contributed by atoms with van der Waals surface area (Å²) in [6, 6.07) is 6.32. The molecule has 1 aliphatic heterocycles. The first-order valence-corrected chi connectivity index (χ1v) is 8.91. The highest BCUT2D eigenvalue weighted by Gasteiger charge is 2.16. The van der Waals surface area contributed by atoms with Crippen molar-refractivity contribution >= 4 is 27.7 Å². The maximum atomic E-state index is 5.92. The van der Waals surface area contributed by atoms with Crippen LogP contribution in [0.25, 0.3) is 0 Å². The van der Waals surface area contributed by atoms with Gasteiger partial charge in [0.05, 0.1) is 0 Å². The van der Waals surface area contributed by atoms with Gasteiger partial charge in [0, 0.05) is 28.4 Å². The second-order valence-electron chi connectivity index (χ2n) is 5.44. The first-order valence-electron chi connectivity index (χ1n) is 7.30. The van der Waals surface area contributed by atoms with Gasteiger partial charge >= 0.3 is 0 Å². The van der Waals surface area contributed by atoms with Gasteiger partial charge in [0.2, 0.25) is 0 Å². The van der Waals surface area contributed by atoms with Gasteiger partial charge in [-0.2, -0.15) is 0 Å². The Bertz CT molecular complexity index is 639. The van der Waals surface area contributed by atoms with Crippen LogP contribution in [0.1, 0.15) is 43.6 Å². The summed E-state index contributed by atoms with van der Waals surface area (Å²) in [5, 5.41) is 9.70. The lowest BCUT2D eigenvalue weighted by molar-refractivity contribution is 0.591. The highest BCUT2D eigenvalue weighted by Crippen LogP contribution is 2.34. The summed E-state index contributed by atoms with van der Waals surface area (Å²) in [6.07, 6.45) is 4.75. The van der Waals surface area contributed by atoms with E-state index in [9.17, 15) is 0 Å². The van der Waals surface area contributed by atoms with Crippen LogP contribution in [0.15, 0.2) is 32.7 Å². The normalized spacial score (nSPS) is 16.3. The molecule has 0 aliphatic carbocycles. The van der Waals surface area contributed by atoms with Crippen LogP contribution in [0.2, 0.25) is 0 Å². The van der Waals surface area contributed by atoms with Gasteiger partial charge in [0.25, 0.3) is 0 Å². The van der Waals surface area contributed by atoms with Gasteiger partial charge in [-0.3, -0.25) is 0 Å². The zero-order valence-corrected chi connectivity index (χ0v) is 14.5. The Morgan fingerprint density at radius 1 is 1.29 bits per heavy atom. The van der Waals surface area contributed by atoms with Crippen LogP contribution in [0, 0.1) is 0 Å². The Kier molecular flexibility index (Phi) is 4.66. The van der Waals surface area contributed by atoms with Crippen LogP contribution in [-0.2, 0) is 13.0 Å². The number of nitrogens with zero attached hydrogens (tertiary/aromatic N) is 3. The molecule has 1 aromatic heterocycles. The van der Waals surface area contributed by atoms with Gasteiger partial charge in [0.15, 0.2) is 5.16 Å². The van der Waals surface area contributed by atoms with Crippen molar-refractivity contribution in [2.24, 2.45) is 5.73 Å². The number of nitrogens with two attached hydrogens (primary N) is 1. The van der Waals surface area contributed by atoms with E-state index < -0.39 is 0 Å². The first-order chi connectivity index (χ1) is 10.1. The number of aryl methyl sites for hydroxylation is 1. The molecular weight excluding hydrogens is 348 g/mol. The second-order valence-corrected chi connectivity index (χ2v) is 7.31. The molecule has 4 nitrogen and oxygen atoms in total. The minimum Gasteiger partial charge on any atom is -0.324 e. The molecule has 1 atom stereocenters. The van der Waals surface area contributed by atoms with Crippen molar-refractivity contribution in [3.05, 3.63) is 34.1 Å². The van der Waals surface area contributed by atoms with Gasteiger partial charge in [-0.25, -0.2) is 0 Å². The van der Waals surface area contributed by atoms with Crippen molar-refractivity contribution in [2.45, 2.75) is 55.2 Å². The summed E-state index contributed by atoms with van der Waals surface area (Å²) in [5.74, 6) is 1.12. The third-order valence-corrected chi connectivity index (χ3v) is 5.74. The van der Waals surface area contributed by atoms with E-state index in [1.165, 1.54) is 19.3 Å². The third-order valence-electron chi connectivity index (χ3n) is 3.76. The summed E-state index contributed by atoms with van der Waals surface area (Å²) in [5.41, 5.74) is 7.05. The number of halogens is 1. The molecule has 0 saturated heterocycles. The number of rotatable bonds is 3. The van der Waals surface area contributed by atoms with Crippen molar-refractivity contribution in [3.63, 3.8) is 0 Å². The molecule has 0 fully saturated rings. The molecule has 0 saturated carbocycles. The monoisotopic (exact) mass is 366 g/mol. The van der Waals surface area contributed by atoms with E-state index in [0.29, 0.717) is 0 Å². The lowest BCUT2D eigenvalue weighted by Crippen LogP contribution is -2.05. The topological polar surface area (TPSA) is 56.7 Å².